The van der Waals surface area contributed by atoms with Crippen molar-refractivity contribution in [2.75, 3.05) is 24.6 Å². The Morgan fingerprint density at radius 2 is 1.39 bits per heavy atom. The quantitative estimate of drug-likeness (QED) is 0.0944. The second-order valence-electron chi connectivity index (χ2n) is 8.69. The van der Waals surface area contributed by atoms with Gasteiger partial charge in [-0.3, -0.25) is 0 Å². The van der Waals surface area contributed by atoms with E-state index in [1.54, 1.807) is 0 Å². The number of carbonyl (C=O) groups is 1. The molecule has 0 radical (unpaired) electrons. The molecule has 10 heteroatoms. The molecule has 0 spiro atoms. The summed E-state index contributed by atoms with van der Waals surface area (Å²) in [5.41, 5.74) is 3.46. The fourth-order valence-corrected chi connectivity index (χ4v) is 5.62. The summed E-state index contributed by atoms with van der Waals surface area (Å²) in [6.07, 6.45) is 4.10. The largest absolute Gasteiger partial charge is 0.462 e. The molecule has 0 saturated heterocycles. The summed E-state index contributed by atoms with van der Waals surface area (Å²) in [6.45, 7) is 9.00. The number of ether oxygens (including phenoxy) is 1. The summed E-state index contributed by atoms with van der Waals surface area (Å²) in [6, 6.07) is 17.4. The molecule has 198 valence electrons. The standard InChI is InChI=1S/C28H32N6O2S2/c1-4-7-18-36-27(35)25-19-24-26(37-25)29-28(38-24)33-32-21-10-8-20(9-11-21)30-31-22-12-14-23(15-13-22)34(16-5-2)17-6-3/h8-15,19H,4-7,16-18H2,1-3H3. The van der Waals surface area contributed by atoms with Gasteiger partial charge < -0.3 is 9.64 Å². The number of benzene rings is 2. The smallest absolute Gasteiger partial charge is 0.348 e. The van der Waals surface area contributed by atoms with E-state index in [4.69, 9.17) is 4.74 Å². The highest BCUT2D eigenvalue weighted by molar-refractivity contribution is 7.29. The third kappa shape index (κ3) is 7.52. The lowest BCUT2D eigenvalue weighted by Gasteiger charge is -2.23. The fourth-order valence-electron chi connectivity index (χ4n) is 3.69. The molecule has 4 rings (SSSR count). The molecule has 0 bridgehead atoms. The predicted octanol–water partition coefficient (Wildman–Crippen LogP) is 9.77. The molecule has 0 atom stereocenters. The van der Waals surface area contributed by atoms with E-state index >= 15 is 0 Å². The highest BCUT2D eigenvalue weighted by Crippen LogP contribution is 2.35. The lowest BCUT2D eigenvalue weighted by Crippen LogP contribution is -2.24. The molecule has 2 aromatic carbocycles. The number of anilines is 1. The van der Waals surface area contributed by atoms with Gasteiger partial charge in [0.2, 0.25) is 5.13 Å². The lowest BCUT2D eigenvalue weighted by molar-refractivity contribution is 0.0505. The van der Waals surface area contributed by atoms with E-state index in [2.05, 4.69) is 63.2 Å². The maximum Gasteiger partial charge on any atom is 0.348 e. The molecule has 4 aromatic rings. The number of azo groups is 2. The van der Waals surface area contributed by atoms with Crippen LogP contribution in [0.5, 0.6) is 0 Å². The summed E-state index contributed by atoms with van der Waals surface area (Å²) >= 11 is 2.71. The Bertz CT molecular complexity index is 1340. The van der Waals surface area contributed by atoms with Gasteiger partial charge >= 0.3 is 5.97 Å². The number of esters is 1. The minimum absolute atomic E-state index is 0.295. The number of fused-ring (bicyclic) bond motifs is 1. The van der Waals surface area contributed by atoms with Gasteiger partial charge in [-0.05, 0) is 73.9 Å². The van der Waals surface area contributed by atoms with Gasteiger partial charge in [0.1, 0.15) is 9.71 Å². The molecule has 0 aliphatic heterocycles. The zero-order valence-corrected chi connectivity index (χ0v) is 23.6. The molecular formula is C28H32N6O2S2. The summed E-state index contributed by atoms with van der Waals surface area (Å²) in [5.74, 6) is -0.295. The van der Waals surface area contributed by atoms with E-state index in [1.807, 2.05) is 42.5 Å². The first-order chi connectivity index (χ1) is 18.6. The second-order valence-corrected chi connectivity index (χ2v) is 10.7. The van der Waals surface area contributed by atoms with Crippen LogP contribution in [0, 0.1) is 0 Å². The van der Waals surface area contributed by atoms with Crippen molar-refractivity contribution in [1.29, 1.82) is 0 Å². The van der Waals surface area contributed by atoms with Crippen LogP contribution in [-0.4, -0.2) is 30.6 Å². The Morgan fingerprint density at radius 1 is 0.816 bits per heavy atom. The Hall–Kier alpha value is -3.50. The molecule has 0 aliphatic carbocycles. The lowest BCUT2D eigenvalue weighted by atomic mass is 10.2. The number of hydrogen-bond donors (Lipinski definition) is 0. The van der Waals surface area contributed by atoms with Crippen LogP contribution >= 0.6 is 22.7 Å². The predicted molar refractivity (Wildman–Crippen MR) is 157 cm³/mol. The van der Waals surface area contributed by atoms with Crippen LogP contribution in [0.4, 0.5) is 27.9 Å². The van der Waals surface area contributed by atoms with Crippen molar-refractivity contribution in [2.45, 2.75) is 46.5 Å². The minimum Gasteiger partial charge on any atom is -0.462 e. The Morgan fingerprint density at radius 3 is 1.95 bits per heavy atom. The van der Waals surface area contributed by atoms with E-state index in [0.717, 1.165) is 59.7 Å². The molecule has 0 amide bonds. The van der Waals surface area contributed by atoms with Crippen molar-refractivity contribution < 1.29 is 9.53 Å². The van der Waals surface area contributed by atoms with Crippen molar-refractivity contribution >= 4 is 66.1 Å². The molecule has 8 nitrogen and oxygen atoms in total. The van der Waals surface area contributed by atoms with Crippen LogP contribution in [0.3, 0.4) is 0 Å². The number of unbranched alkanes of at least 4 members (excludes halogenated alkanes) is 1. The van der Waals surface area contributed by atoms with Crippen molar-refractivity contribution in [3.8, 4) is 0 Å². The molecule has 0 unspecified atom stereocenters. The number of carbonyl (C=O) groups excluding carboxylic acids is 1. The van der Waals surface area contributed by atoms with Crippen LogP contribution in [-0.2, 0) is 4.74 Å². The van der Waals surface area contributed by atoms with Crippen molar-refractivity contribution in [2.24, 2.45) is 20.5 Å². The number of aromatic nitrogens is 1. The maximum atomic E-state index is 12.1. The summed E-state index contributed by atoms with van der Waals surface area (Å²) < 4.78 is 6.18. The van der Waals surface area contributed by atoms with Crippen molar-refractivity contribution in [3.05, 3.63) is 59.5 Å². The normalized spacial score (nSPS) is 11.7. The van der Waals surface area contributed by atoms with E-state index in [0.29, 0.717) is 22.3 Å². The SMILES string of the molecule is CCCCOC(=O)c1cc2sc(N=Nc3ccc(N=Nc4ccc(N(CCC)CCC)cc4)cc3)nc2s1. The van der Waals surface area contributed by atoms with Gasteiger partial charge in [0.15, 0.2) is 0 Å². The summed E-state index contributed by atoms with van der Waals surface area (Å²) in [4.78, 5) is 20.3. The first kappa shape index (κ1) is 27.5. The van der Waals surface area contributed by atoms with Gasteiger partial charge in [-0.15, -0.1) is 21.6 Å². The van der Waals surface area contributed by atoms with Crippen LogP contribution in [0.25, 0.3) is 9.53 Å². The van der Waals surface area contributed by atoms with Gasteiger partial charge in [0, 0.05) is 18.8 Å². The van der Waals surface area contributed by atoms with Crippen LogP contribution in [0.2, 0.25) is 0 Å². The van der Waals surface area contributed by atoms with Gasteiger partial charge in [-0.25, -0.2) is 9.78 Å². The summed E-state index contributed by atoms with van der Waals surface area (Å²) in [5, 5.41) is 17.8. The highest BCUT2D eigenvalue weighted by atomic mass is 32.1. The third-order valence-electron chi connectivity index (χ3n) is 5.59. The maximum absolute atomic E-state index is 12.1. The molecule has 38 heavy (non-hydrogen) atoms. The molecule has 0 aliphatic rings. The first-order valence-electron chi connectivity index (χ1n) is 13.0. The molecule has 0 N–H and O–H groups in total. The zero-order chi connectivity index (χ0) is 26.7. The highest BCUT2D eigenvalue weighted by Gasteiger charge is 2.15. The number of thiazole rings is 1. The monoisotopic (exact) mass is 548 g/mol. The number of hydrogen-bond acceptors (Lipinski definition) is 10. The molecular weight excluding hydrogens is 516 g/mol. The van der Waals surface area contributed by atoms with Crippen molar-refractivity contribution in [3.63, 3.8) is 0 Å². The molecule has 0 fully saturated rings. The molecule has 2 heterocycles. The first-order valence-corrected chi connectivity index (χ1v) is 14.6. The number of rotatable bonds is 13. The molecule has 2 aromatic heterocycles. The topological polar surface area (TPSA) is 91.9 Å². The van der Waals surface area contributed by atoms with Crippen LogP contribution < -0.4 is 4.90 Å². The minimum atomic E-state index is -0.295. The third-order valence-corrected chi connectivity index (χ3v) is 7.62. The van der Waals surface area contributed by atoms with E-state index in [1.165, 1.54) is 28.4 Å². The van der Waals surface area contributed by atoms with Gasteiger partial charge in [0.25, 0.3) is 0 Å². The van der Waals surface area contributed by atoms with Crippen LogP contribution in [0.1, 0.15) is 56.1 Å². The number of thiophene rings is 1. The summed E-state index contributed by atoms with van der Waals surface area (Å²) in [7, 11) is 0. The Kier molecular flexibility index (Phi) is 10.1. The fraction of sp³-hybridized carbons (Fsp3) is 0.357. The Labute approximate surface area is 231 Å². The van der Waals surface area contributed by atoms with Crippen LogP contribution in [0.15, 0.2) is 75.1 Å². The average Bonchev–Trinajstić information content (AvgIpc) is 3.51. The van der Waals surface area contributed by atoms with E-state index in [9.17, 15) is 4.79 Å². The van der Waals surface area contributed by atoms with E-state index < -0.39 is 0 Å². The van der Waals surface area contributed by atoms with Gasteiger partial charge in [-0.1, -0.05) is 38.5 Å². The van der Waals surface area contributed by atoms with E-state index in [-0.39, 0.29) is 5.97 Å². The van der Waals surface area contributed by atoms with Gasteiger partial charge in [0.05, 0.1) is 28.4 Å². The second kappa shape index (κ2) is 13.9. The number of nitrogens with zero attached hydrogens (tertiary/aromatic N) is 6. The average molecular weight is 549 g/mol. The molecule has 0 saturated carbocycles. The zero-order valence-electron chi connectivity index (χ0n) is 22.0. The Balaban J connectivity index is 1.33. The van der Waals surface area contributed by atoms with Gasteiger partial charge in [-0.2, -0.15) is 10.2 Å². The van der Waals surface area contributed by atoms with Crippen molar-refractivity contribution in [1.82, 2.24) is 4.98 Å².